The van der Waals surface area contributed by atoms with Crippen molar-refractivity contribution in [3.63, 3.8) is 0 Å². The van der Waals surface area contributed by atoms with Crippen LogP contribution in [0, 0.1) is 0 Å². The number of hydrogen-bond donors (Lipinski definition) is 3. The highest BCUT2D eigenvalue weighted by Crippen LogP contribution is 2.43. The monoisotopic (exact) mass is 872 g/mol. The number of hydrogen-bond acceptors (Lipinski definition) is 9. The van der Waals surface area contributed by atoms with Gasteiger partial charge in [-0.2, -0.15) is 0 Å². The predicted molar refractivity (Wildman–Crippen MR) is 245 cm³/mol. The third-order valence-corrected chi connectivity index (χ3v) is 11.8. The van der Waals surface area contributed by atoms with Gasteiger partial charge >= 0.3 is 25.7 Å². The average molecular weight is 872 g/mol. The normalized spacial score (nSPS) is 13.6. The number of unbranched alkanes of at least 4 members (excludes halogenated alkanes) is 30. The van der Waals surface area contributed by atoms with E-state index in [9.17, 15) is 23.8 Å². The number of nitrogens with two attached hydrogens (primary N) is 1. The van der Waals surface area contributed by atoms with Crippen molar-refractivity contribution in [2.24, 2.45) is 5.73 Å². The van der Waals surface area contributed by atoms with E-state index in [-0.39, 0.29) is 19.4 Å². The molecular weight excluding hydrogens is 781 g/mol. The molecule has 0 aromatic rings. The molecule has 0 radical (unpaired) electrons. The van der Waals surface area contributed by atoms with Crippen molar-refractivity contribution < 1.29 is 47.5 Å². The summed E-state index contributed by atoms with van der Waals surface area (Å²) in [6.45, 7) is 4.35. The second kappa shape index (κ2) is 43.6. The zero-order valence-corrected chi connectivity index (χ0v) is 39.0. The van der Waals surface area contributed by atoms with Crippen molar-refractivity contribution in [3.05, 3.63) is 24.8 Å². The molecule has 0 fully saturated rings. The number of carboxylic acid groups (broad SMARTS) is 1. The molecule has 1 unspecified atom stereocenters. The summed E-state index contributed by atoms with van der Waals surface area (Å²) in [6, 6.07) is -1.52. The van der Waals surface area contributed by atoms with Crippen LogP contribution in [0.3, 0.4) is 0 Å². The Kier molecular flexibility index (Phi) is 42.1. The van der Waals surface area contributed by atoms with Crippen molar-refractivity contribution >= 4 is 25.7 Å². The largest absolute Gasteiger partial charge is 0.480 e. The molecule has 0 aromatic carbocycles. The zero-order chi connectivity index (χ0) is 44.2. The minimum atomic E-state index is -4.72. The highest BCUT2D eigenvalue weighted by molar-refractivity contribution is 7.47. The lowest BCUT2D eigenvalue weighted by molar-refractivity contribution is -0.161. The first-order valence-electron chi connectivity index (χ1n) is 24.3. The molecule has 0 rings (SSSR count). The lowest BCUT2D eigenvalue weighted by Gasteiger charge is -2.20. The van der Waals surface area contributed by atoms with Crippen LogP contribution in [0.2, 0.25) is 0 Å². The van der Waals surface area contributed by atoms with Crippen LogP contribution in [-0.2, 0) is 37.5 Å². The Hall–Kier alpha value is -2.04. The summed E-state index contributed by atoms with van der Waals surface area (Å²) in [4.78, 5) is 46.1. The first-order valence-corrected chi connectivity index (χ1v) is 25.8. The van der Waals surface area contributed by atoms with E-state index in [1.165, 1.54) is 154 Å². The molecular formula is C48H90NO10P. The molecule has 3 atom stereocenters. The van der Waals surface area contributed by atoms with Crippen LogP contribution in [0.25, 0.3) is 0 Å². The molecule has 0 saturated heterocycles. The molecule has 4 N–H and O–H groups in total. The first kappa shape index (κ1) is 58.0. The molecule has 0 heterocycles. The molecule has 352 valence electrons. The molecule has 0 aliphatic heterocycles. The number of esters is 2. The number of allylic oxidation sites excluding steroid dienone is 3. The SMILES string of the molecule is C=CCCCCCCCCCCCCCCCC(=O)OC[C@@H](COP(=O)(O)OC[C@H](N)C(=O)O)OC(=O)CCCCCCCCCCCCC/C=C/CCCCCCCC. The van der Waals surface area contributed by atoms with Gasteiger partial charge in [-0.3, -0.25) is 23.4 Å². The van der Waals surface area contributed by atoms with Crippen LogP contribution in [0.5, 0.6) is 0 Å². The van der Waals surface area contributed by atoms with Crippen molar-refractivity contribution in [1.82, 2.24) is 0 Å². The molecule has 0 bridgehead atoms. The minimum Gasteiger partial charge on any atom is -0.480 e. The van der Waals surface area contributed by atoms with Crippen molar-refractivity contribution in [2.45, 2.75) is 244 Å². The Morgan fingerprint density at radius 3 is 1.33 bits per heavy atom. The molecule has 0 saturated carbocycles. The maximum atomic E-state index is 12.7. The van der Waals surface area contributed by atoms with Crippen molar-refractivity contribution in [1.29, 1.82) is 0 Å². The van der Waals surface area contributed by atoms with Gasteiger partial charge in [0.25, 0.3) is 0 Å². The Bertz CT molecular complexity index is 1100. The fourth-order valence-corrected chi connectivity index (χ4v) is 7.76. The lowest BCUT2D eigenvalue weighted by atomic mass is 10.0. The van der Waals surface area contributed by atoms with Gasteiger partial charge in [-0.25, -0.2) is 4.57 Å². The smallest absolute Gasteiger partial charge is 0.472 e. The topological polar surface area (TPSA) is 172 Å². The van der Waals surface area contributed by atoms with Gasteiger partial charge in [-0.1, -0.05) is 186 Å². The fourth-order valence-electron chi connectivity index (χ4n) is 6.98. The molecule has 0 amide bonds. The standard InChI is InChI=1S/C48H90NO10P/c1-3-5-7-9-11-13-15-17-19-20-21-22-23-24-26-28-30-32-34-36-38-40-47(51)59-44(42-57-60(54,55)58-43-45(49)48(52)53)41-56-46(50)39-37-35-33-31-29-27-25-18-16-14-12-10-8-6-4-2/h4,17,19,44-45H,2-3,5-16,18,20-43,49H2,1H3,(H,52,53)(H,54,55)/b19-17+/t44-,45-/m0/s1. The third-order valence-electron chi connectivity index (χ3n) is 10.8. The predicted octanol–water partition coefficient (Wildman–Crippen LogP) is 13.4. The second-order valence-electron chi connectivity index (χ2n) is 16.7. The van der Waals surface area contributed by atoms with Gasteiger partial charge in [0, 0.05) is 12.8 Å². The number of ether oxygens (including phenoxy) is 2. The summed E-state index contributed by atoms with van der Waals surface area (Å²) in [5, 5.41) is 8.91. The quantitative estimate of drug-likeness (QED) is 0.0230. The van der Waals surface area contributed by atoms with E-state index in [0.29, 0.717) is 12.8 Å². The Morgan fingerprint density at radius 1 is 0.550 bits per heavy atom. The molecule has 0 aromatic heterocycles. The van der Waals surface area contributed by atoms with E-state index in [4.69, 9.17) is 24.8 Å². The molecule has 0 aliphatic rings. The minimum absolute atomic E-state index is 0.163. The third kappa shape index (κ3) is 42.6. The lowest BCUT2D eigenvalue weighted by Crippen LogP contribution is -2.34. The molecule has 0 aliphatic carbocycles. The Balaban J connectivity index is 4.23. The molecule has 0 spiro atoms. The van der Waals surface area contributed by atoms with Gasteiger partial charge in [0.1, 0.15) is 12.6 Å². The highest BCUT2D eigenvalue weighted by Gasteiger charge is 2.28. The van der Waals surface area contributed by atoms with E-state index < -0.39 is 51.1 Å². The maximum Gasteiger partial charge on any atom is 0.472 e. The van der Waals surface area contributed by atoms with Gasteiger partial charge in [0.15, 0.2) is 6.10 Å². The van der Waals surface area contributed by atoms with Crippen LogP contribution < -0.4 is 5.73 Å². The fraction of sp³-hybridized carbons (Fsp3) is 0.854. The highest BCUT2D eigenvalue weighted by atomic mass is 31.2. The number of phosphoric acid groups is 1. The summed E-state index contributed by atoms with van der Waals surface area (Å²) >= 11 is 0. The Labute approximate surface area is 366 Å². The van der Waals surface area contributed by atoms with Crippen LogP contribution in [0.15, 0.2) is 24.8 Å². The number of aliphatic carboxylic acids is 1. The van der Waals surface area contributed by atoms with E-state index in [0.717, 1.165) is 44.9 Å². The van der Waals surface area contributed by atoms with E-state index in [1.807, 2.05) is 6.08 Å². The summed E-state index contributed by atoms with van der Waals surface area (Å²) < 4.78 is 32.8. The van der Waals surface area contributed by atoms with Gasteiger partial charge < -0.3 is 25.2 Å². The maximum absolute atomic E-state index is 12.7. The van der Waals surface area contributed by atoms with Crippen molar-refractivity contribution in [3.8, 4) is 0 Å². The number of carbonyl (C=O) groups excluding carboxylic acids is 2. The van der Waals surface area contributed by atoms with Gasteiger partial charge in [-0.05, 0) is 51.4 Å². The zero-order valence-electron chi connectivity index (χ0n) is 38.1. The summed E-state index contributed by atoms with van der Waals surface area (Å²) in [7, 11) is -4.72. The van der Waals surface area contributed by atoms with Crippen LogP contribution in [-0.4, -0.2) is 59.9 Å². The van der Waals surface area contributed by atoms with Gasteiger partial charge in [0.2, 0.25) is 0 Å². The molecule has 11 nitrogen and oxygen atoms in total. The van der Waals surface area contributed by atoms with Crippen LogP contribution in [0.1, 0.15) is 232 Å². The van der Waals surface area contributed by atoms with Crippen LogP contribution >= 0.6 is 7.82 Å². The van der Waals surface area contributed by atoms with Gasteiger partial charge in [0.05, 0.1) is 13.2 Å². The number of carbonyl (C=O) groups is 3. The van der Waals surface area contributed by atoms with E-state index >= 15 is 0 Å². The van der Waals surface area contributed by atoms with E-state index in [1.54, 1.807) is 0 Å². The summed E-state index contributed by atoms with van der Waals surface area (Å²) in [5.74, 6) is -2.37. The molecule has 60 heavy (non-hydrogen) atoms. The van der Waals surface area contributed by atoms with E-state index in [2.05, 4.69) is 30.2 Å². The van der Waals surface area contributed by atoms with Crippen LogP contribution in [0.4, 0.5) is 0 Å². The second-order valence-corrected chi connectivity index (χ2v) is 18.1. The summed E-state index contributed by atoms with van der Waals surface area (Å²) in [6.07, 6.45) is 45.6. The Morgan fingerprint density at radius 2 is 0.917 bits per heavy atom. The summed E-state index contributed by atoms with van der Waals surface area (Å²) in [5.41, 5.74) is 5.35. The average Bonchev–Trinajstić information content (AvgIpc) is 3.22. The first-order chi connectivity index (χ1) is 29.1. The number of carboxylic acids is 1. The van der Waals surface area contributed by atoms with Crippen molar-refractivity contribution in [2.75, 3.05) is 19.8 Å². The molecule has 12 heteroatoms. The van der Waals surface area contributed by atoms with Gasteiger partial charge in [-0.15, -0.1) is 6.58 Å². The number of rotatable bonds is 47. The number of phosphoric ester groups is 1.